The molecule has 1 saturated carbocycles. The number of nitrogens with one attached hydrogen (secondary N) is 1. The van der Waals surface area contributed by atoms with Crippen LogP contribution in [0.25, 0.3) is 0 Å². The van der Waals surface area contributed by atoms with Crippen LogP contribution in [-0.2, 0) is 9.57 Å². The summed E-state index contributed by atoms with van der Waals surface area (Å²) in [5.74, 6) is -1.27. The van der Waals surface area contributed by atoms with Crippen LogP contribution in [-0.4, -0.2) is 41.0 Å². The fourth-order valence-electron chi connectivity index (χ4n) is 7.06. The monoisotopic (exact) mass is 888 g/mol. The molecule has 0 bridgehead atoms. The molecule has 1 atom stereocenters. The molecule has 0 aliphatic heterocycles. The number of oxime groups is 1. The second-order valence-corrected chi connectivity index (χ2v) is 17.6. The first-order valence-electron chi connectivity index (χ1n) is 21.7. The van der Waals surface area contributed by atoms with Crippen molar-refractivity contribution < 1.29 is 28.8 Å². The number of benzene rings is 6. The van der Waals surface area contributed by atoms with Gasteiger partial charge in [-0.2, -0.15) is 0 Å². The summed E-state index contributed by atoms with van der Waals surface area (Å²) in [7, 11) is 0. The van der Waals surface area contributed by atoms with E-state index < -0.39 is 23.8 Å². The van der Waals surface area contributed by atoms with Gasteiger partial charge in [-0.25, -0.2) is 9.59 Å². The second kappa shape index (κ2) is 25.1. The number of carbonyl (C=O) groups is 4. The Morgan fingerprint density at radius 3 is 1.48 bits per heavy atom. The first kappa shape index (κ1) is 47.1. The van der Waals surface area contributed by atoms with E-state index in [4.69, 9.17) is 15.0 Å². The number of hydrogen-bond acceptors (Lipinski definition) is 10. The number of Topliss-reactive ketones (excluding diaryl/α,β-unsaturated/α-hetero) is 2. The lowest BCUT2D eigenvalue weighted by Crippen LogP contribution is -2.32. The maximum absolute atomic E-state index is 13.2. The average Bonchev–Trinajstić information content (AvgIpc) is 3.87. The molecule has 1 aliphatic rings. The van der Waals surface area contributed by atoms with Gasteiger partial charge in [0.1, 0.15) is 17.5 Å². The van der Waals surface area contributed by atoms with Crippen molar-refractivity contribution in [3.63, 3.8) is 0 Å². The molecule has 1 unspecified atom stereocenters. The fourth-order valence-corrected chi connectivity index (χ4v) is 8.74. The highest BCUT2D eigenvalue weighted by atomic mass is 32.2. The van der Waals surface area contributed by atoms with Crippen LogP contribution in [0.15, 0.2) is 195 Å². The average molecular weight is 889 g/mol. The molecule has 10 heteroatoms. The van der Waals surface area contributed by atoms with Gasteiger partial charge in [-0.15, -0.1) is 0 Å². The molecular weight excluding hydrogens is 837 g/mol. The zero-order valence-electron chi connectivity index (χ0n) is 35.9. The van der Waals surface area contributed by atoms with Crippen molar-refractivity contribution >= 4 is 58.5 Å². The van der Waals surface area contributed by atoms with Crippen molar-refractivity contribution in [1.82, 2.24) is 0 Å². The molecule has 1 N–H and O–H groups in total. The predicted molar refractivity (Wildman–Crippen MR) is 256 cm³/mol. The summed E-state index contributed by atoms with van der Waals surface area (Å²) < 4.78 is 5.60. The van der Waals surface area contributed by atoms with Crippen LogP contribution in [0.4, 0.5) is 0 Å². The van der Waals surface area contributed by atoms with E-state index >= 15 is 0 Å². The van der Waals surface area contributed by atoms with Crippen molar-refractivity contribution in [3.05, 3.63) is 192 Å². The fraction of sp³-hybridized carbons (Fsp3) is 0.222. The Morgan fingerprint density at radius 2 is 1.00 bits per heavy atom. The highest BCUT2D eigenvalue weighted by Crippen LogP contribution is 2.31. The molecule has 0 aromatic heterocycles. The maximum Gasteiger partial charge on any atom is 0.365 e. The van der Waals surface area contributed by atoms with Crippen molar-refractivity contribution in [2.45, 2.75) is 90.4 Å². The van der Waals surface area contributed by atoms with Gasteiger partial charge in [0.2, 0.25) is 11.6 Å². The molecule has 7 rings (SSSR count). The lowest BCUT2D eigenvalue weighted by Gasteiger charge is -2.18. The molecule has 6 aromatic carbocycles. The first-order valence-corrected chi connectivity index (χ1v) is 23.3. The quantitative estimate of drug-likeness (QED) is 0.0213. The third-order valence-electron chi connectivity index (χ3n) is 10.6. The van der Waals surface area contributed by atoms with E-state index in [-0.39, 0.29) is 11.5 Å². The van der Waals surface area contributed by atoms with Gasteiger partial charge in [-0.3, -0.25) is 15.0 Å². The SMILES string of the molecule is CCCCCC(OC(=O)c1ccccc1)C(=N)C(=O)c1ccc(Sc2ccccc2)cc1.O=C(ON=C(CC1CCCC1)C(=O)c1ccc(Sc2ccccc2)cc1)c1ccccc1. The van der Waals surface area contributed by atoms with E-state index in [0.717, 1.165) is 51.7 Å². The molecule has 1 fully saturated rings. The zero-order chi connectivity index (χ0) is 44.9. The Morgan fingerprint density at radius 1 is 0.562 bits per heavy atom. The van der Waals surface area contributed by atoms with E-state index in [1.165, 1.54) is 12.8 Å². The largest absolute Gasteiger partial charge is 0.452 e. The lowest BCUT2D eigenvalue weighted by molar-refractivity contribution is 0.0404. The van der Waals surface area contributed by atoms with Gasteiger partial charge in [-0.05, 0) is 122 Å². The number of ether oxygens (including phenoxy) is 1. The van der Waals surface area contributed by atoms with Crippen LogP contribution >= 0.6 is 23.5 Å². The van der Waals surface area contributed by atoms with E-state index in [9.17, 15) is 19.2 Å². The summed E-state index contributed by atoms with van der Waals surface area (Å²) in [5, 5.41) is 12.5. The molecule has 64 heavy (non-hydrogen) atoms. The molecule has 0 spiro atoms. The van der Waals surface area contributed by atoms with Crippen LogP contribution in [0, 0.1) is 11.3 Å². The molecular formula is C54H52N2O6S2. The molecule has 0 heterocycles. The predicted octanol–water partition coefficient (Wildman–Crippen LogP) is 13.7. The smallest absolute Gasteiger partial charge is 0.365 e. The molecule has 326 valence electrons. The van der Waals surface area contributed by atoms with Gasteiger partial charge in [0, 0.05) is 30.7 Å². The van der Waals surface area contributed by atoms with Crippen LogP contribution < -0.4 is 0 Å². The number of nitrogens with zero attached hydrogens (tertiary/aromatic N) is 1. The van der Waals surface area contributed by atoms with Crippen LogP contribution in [0.5, 0.6) is 0 Å². The number of ketones is 2. The van der Waals surface area contributed by atoms with E-state index in [0.29, 0.717) is 46.7 Å². The van der Waals surface area contributed by atoms with E-state index in [1.807, 2.05) is 97.1 Å². The summed E-state index contributed by atoms with van der Waals surface area (Å²) >= 11 is 3.25. The van der Waals surface area contributed by atoms with Gasteiger partial charge in [-0.1, -0.05) is 147 Å². The standard InChI is InChI=1S/C27H25NO3S.C27H27NO3S/c29-26(21-15-17-24(18-16-21)32-23-13-5-2-6-14-23)25(19-20-9-7-8-10-20)28-31-27(30)22-11-3-1-4-12-22;1-2-3-6-15-24(31-27(30)21-11-7-4-8-12-21)25(28)26(29)20-16-18-23(19-17-20)32-22-13-9-5-10-14-22/h1-6,11-18,20H,7-10,19H2;4-5,7-14,16-19,24,28H,2-3,6,15H2,1H3. The summed E-state index contributed by atoms with van der Waals surface area (Å²) in [6.45, 7) is 2.08. The highest BCUT2D eigenvalue weighted by molar-refractivity contribution is 7.99. The van der Waals surface area contributed by atoms with Crippen LogP contribution in [0.1, 0.15) is 106 Å². The Balaban J connectivity index is 0.000000213. The number of rotatable bonds is 19. The van der Waals surface area contributed by atoms with Gasteiger partial charge in [0.15, 0.2) is 0 Å². The molecule has 0 amide bonds. The molecule has 0 radical (unpaired) electrons. The molecule has 8 nitrogen and oxygen atoms in total. The van der Waals surface area contributed by atoms with Crippen LogP contribution in [0.3, 0.4) is 0 Å². The molecule has 6 aromatic rings. The van der Waals surface area contributed by atoms with E-state index in [2.05, 4.69) is 24.2 Å². The van der Waals surface area contributed by atoms with Crippen molar-refractivity contribution in [2.75, 3.05) is 0 Å². The number of esters is 1. The van der Waals surface area contributed by atoms with Crippen molar-refractivity contribution in [2.24, 2.45) is 11.1 Å². The minimum atomic E-state index is -0.861. The third-order valence-corrected chi connectivity index (χ3v) is 12.6. The Kier molecular flexibility index (Phi) is 18.5. The molecule has 0 saturated heterocycles. The highest BCUT2D eigenvalue weighted by Gasteiger charge is 2.27. The maximum atomic E-state index is 13.2. The Labute approximate surface area is 384 Å². The summed E-state index contributed by atoms with van der Waals surface area (Å²) in [4.78, 5) is 60.6. The van der Waals surface area contributed by atoms with E-state index in [1.54, 1.807) is 84.2 Å². The minimum absolute atomic E-state index is 0.186. The van der Waals surface area contributed by atoms with Crippen molar-refractivity contribution in [3.8, 4) is 0 Å². The molecule has 1 aliphatic carbocycles. The van der Waals surface area contributed by atoms with Crippen LogP contribution in [0.2, 0.25) is 0 Å². The zero-order valence-corrected chi connectivity index (χ0v) is 37.5. The van der Waals surface area contributed by atoms with Crippen molar-refractivity contribution in [1.29, 1.82) is 5.41 Å². The number of unbranched alkanes of at least 4 members (excludes halogenated alkanes) is 2. The summed E-state index contributed by atoms with van der Waals surface area (Å²) in [5.41, 5.74) is 1.92. The summed E-state index contributed by atoms with van der Waals surface area (Å²) in [6, 6.07) is 52.2. The van der Waals surface area contributed by atoms with Gasteiger partial charge < -0.3 is 9.57 Å². The second-order valence-electron chi connectivity index (χ2n) is 15.3. The topological polar surface area (TPSA) is 123 Å². The third kappa shape index (κ3) is 14.6. The minimum Gasteiger partial charge on any atom is -0.452 e. The first-order chi connectivity index (χ1) is 31.3. The Bertz CT molecular complexity index is 2460. The van der Waals surface area contributed by atoms with Gasteiger partial charge in [0.05, 0.1) is 11.1 Å². The lowest BCUT2D eigenvalue weighted by atomic mass is 9.96. The van der Waals surface area contributed by atoms with Gasteiger partial charge >= 0.3 is 11.9 Å². The van der Waals surface area contributed by atoms with Gasteiger partial charge in [0.25, 0.3) is 0 Å². The summed E-state index contributed by atoms with van der Waals surface area (Å²) in [6.07, 6.45) is 7.35. The number of carbonyl (C=O) groups excluding carboxylic acids is 4. The Hall–Kier alpha value is -6.36. The number of hydrogen-bond donors (Lipinski definition) is 1. The normalized spacial score (nSPS) is 12.9.